The molecule has 1 heterocycles. The highest BCUT2D eigenvalue weighted by molar-refractivity contribution is 7.92. The van der Waals surface area contributed by atoms with E-state index in [1.54, 1.807) is 35.6 Å². The molecule has 0 fully saturated rings. The summed E-state index contributed by atoms with van der Waals surface area (Å²) in [5.74, 6) is -0.192. The smallest absolute Gasteiger partial charge is 0.251 e. The van der Waals surface area contributed by atoms with E-state index in [4.69, 9.17) is 0 Å². The summed E-state index contributed by atoms with van der Waals surface area (Å²) in [7, 11) is 0.623. The number of amides is 1. The molecule has 0 spiro atoms. The molecule has 0 aliphatic heterocycles. The molecule has 0 aliphatic carbocycles. The highest BCUT2D eigenvalue weighted by Gasteiger charge is 2.16. The van der Waals surface area contributed by atoms with Gasteiger partial charge in [-0.05, 0) is 60.8 Å². The third kappa shape index (κ3) is 5.33. The zero-order valence-electron chi connectivity index (χ0n) is 13.8. The van der Waals surface area contributed by atoms with Crippen LogP contribution in [0.15, 0.2) is 41.1 Å². The molecule has 2 aromatic rings. The molecule has 0 saturated heterocycles. The molecule has 1 atom stereocenters. The number of nitrogens with one attached hydrogen (secondary N) is 2. The molecule has 2 rings (SSSR count). The van der Waals surface area contributed by atoms with Gasteiger partial charge in [-0.25, -0.2) is 8.42 Å². The number of rotatable bonds is 7. The van der Waals surface area contributed by atoms with Crippen molar-refractivity contribution in [2.24, 2.45) is 0 Å². The number of carbonyl (C=O) groups excluding carboxylic acids is 1. The maximum Gasteiger partial charge on any atom is 0.251 e. The van der Waals surface area contributed by atoms with Gasteiger partial charge in [0.15, 0.2) is 0 Å². The van der Waals surface area contributed by atoms with Crippen LogP contribution in [0.4, 0.5) is 5.69 Å². The molecule has 0 saturated carbocycles. The Kier molecular flexibility index (Phi) is 5.98. The minimum atomic E-state index is -3.32. The third-order valence-electron chi connectivity index (χ3n) is 3.46. The van der Waals surface area contributed by atoms with Crippen molar-refractivity contribution in [1.29, 1.82) is 0 Å². The minimum absolute atomic E-state index is 0.103. The molecule has 1 amide bonds. The van der Waals surface area contributed by atoms with Crippen LogP contribution < -0.4 is 10.0 Å². The Bertz CT molecular complexity index is 769. The van der Waals surface area contributed by atoms with Crippen LogP contribution in [0, 0.1) is 0 Å². The highest BCUT2D eigenvalue weighted by Crippen LogP contribution is 2.20. The van der Waals surface area contributed by atoms with E-state index in [0.29, 0.717) is 17.8 Å². The molecule has 6 nitrogen and oxygen atoms in total. The van der Waals surface area contributed by atoms with Crippen molar-refractivity contribution in [1.82, 2.24) is 10.2 Å². The normalized spacial score (nSPS) is 12.8. The van der Waals surface area contributed by atoms with E-state index in [1.807, 2.05) is 25.5 Å². The summed E-state index contributed by atoms with van der Waals surface area (Å²) in [5.41, 5.74) is 2.08. The van der Waals surface area contributed by atoms with Crippen molar-refractivity contribution in [3.63, 3.8) is 0 Å². The van der Waals surface area contributed by atoms with E-state index in [0.717, 1.165) is 11.8 Å². The Hall–Kier alpha value is -1.90. The van der Waals surface area contributed by atoms with Crippen molar-refractivity contribution in [2.45, 2.75) is 6.04 Å². The predicted molar refractivity (Wildman–Crippen MR) is 98.0 cm³/mol. The Balaban J connectivity index is 1.99. The van der Waals surface area contributed by atoms with E-state index < -0.39 is 10.0 Å². The molecule has 1 aromatic heterocycles. The number of thiophene rings is 1. The SMILES string of the molecule is CN(C)[C@H](CNC(=O)c1ccc(NS(C)(=O)=O)cc1)c1ccsc1. The molecule has 0 radical (unpaired) electrons. The topological polar surface area (TPSA) is 78.5 Å². The molecule has 8 heteroatoms. The standard InChI is InChI=1S/C16H21N3O3S2/c1-19(2)15(13-8-9-23-11-13)10-17-16(20)12-4-6-14(7-5-12)18-24(3,21)22/h4-9,11,15,18H,10H2,1-3H3,(H,17,20)/t15-/m1/s1. The molecule has 130 valence electrons. The van der Waals surface area contributed by atoms with E-state index in [-0.39, 0.29) is 11.9 Å². The molecule has 2 N–H and O–H groups in total. The highest BCUT2D eigenvalue weighted by atomic mass is 32.2. The molecule has 0 bridgehead atoms. The quantitative estimate of drug-likeness (QED) is 0.786. The number of carbonyl (C=O) groups is 1. The fourth-order valence-electron chi connectivity index (χ4n) is 2.26. The van der Waals surface area contributed by atoms with Crippen LogP contribution >= 0.6 is 11.3 Å². The maximum absolute atomic E-state index is 12.3. The van der Waals surface area contributed by atoms with Gasteiger partial charge < -0.3 is 10.2 Å². The van der Waals surface area contributed by atoms with Crippen molar-refractivity contribution in [3.8, 4) is 0 Å². The van der Waals surface area contributed by atoms with Crippen molar-refractivity contribution >= 4 is 33.0 Å². The first-order valence-corrected chi connectivity index (χ1v) is 10.1. The number of hydrogen-bond donors (Lipinski definition) is 2. The van der Waals surface area contributed by atoms with Crippen LogP contribution in [0.5, 0.6) is 0 Å². The van der Waals surface area contributed by atoms with E-state index in [2.05, 4.69) is 20.3 Å². The van der Waals surface area contributed by atoms with Crippen LogP contribution in [0.2, 0.25) is 0 Å². The minimum Gasteiger partial charge on any atom is -0.350 e. The van der Waals surface area contributed by atoms with Gasteiger partial charge in [0.1, 0.15) is 0 Å². The van der Waals surface area contributed by atoms with Crippen molar-refractivity contribution in [2.75, 3.05) is 31.6 Å². The Morgan fingerprint density at radius 3 is 2.38 bits per heavy atom. The van der Waals surface area contributed by atoms with E-state index in [9.17, 15) is 13.2 Å². The van der Waals surface area contributed by atoms with Crippen molar-refractivity contribution < 1.29 is 13.2 Å². The Labute approximate surface area is 146 Å². The monoisotopic (exact) mass is 367 g/mol. The summed E-state index contributed by atoms with van der Waals surface area (Å²) < 4.78 is 24.7. The lowest BCUT2D eigenvalue weighted by atomic mass is 10.1. The first kappa shape index (κ1) is 18.4. The van der Waals surface area contributed by atoms with Gasteiger partial charge in [-0.1, -0.05) is 0 Å². The Morgan fingerprint density at radius 2 is 1.88 bits per heavy atom. The second kappa shape index (κ2) is 7.78. The average molecular weight is 367 g/mol. The van der Waals surface area contributed by atoms with Crippen LogP contribution in [0.1, 0.15) is 22.0 Å². The van der Waals surface area contributed by atoms with Crippen LogP contribution in [0.3, 0.4) is 0 Å². The van der Waals surface area contributed by atoms with Gasteiger partial charge in [-0.3, -0.25) is 9.52 Å². The summed E-state index contributed by atoms with van der Waals surface area (Å²) in [6, 6.07) is 8.48. The zero-order chi connectivity index (χ0) is 17.7. The van der Waals surface area contributed by atoms with Gasteiger partial charge >= 0.3 is 0 Å². The summed E-state index contributed by atoms with van der Waals surface area (Å²) in [4.78, 5) is 14.3. The maximum atomic E-state index is 12.3. The van der Waals surface area contributed by atoms with Gasteiger partial charge in [-0.15, -0.1) is 0 Å². The fourth-order valence-corrected chi connectivity index (χ4v) is 3.53. The second-order valence-corrected chi connectivity index (χ2v) is 8.23. The number of anilines is 1. The zero-order valence-corrected chi connectivity index (χ0v) is 15.4. The van der Waals surface area contributed by atoms with Gasteiger partial charge in [0.2, 0.25) is 10.0 Å². The molecular weight excluding hydrogens is 346 g/mol. The van der Waals surface area contributed by atoms with Gasteiger partial charge in [0, 0.05) is 17.8 Å². The number of nitrogens with zero attached hydrogens (tertiary/aromatic N) is 1. The van der Waals surface area contributed by atoms with Crippen LogP contribution in [-0.4, -0.2) is 46.1 Å². The van der Waals surface area contributed by atoms with Gasteiger partial charge in [0.25, 0.3) is 5.91 Å². The van der Waals surface area contributed by atoms with E-state index >= 15 is 0 Å². The van der Waals surface area contributed by atoms with Crippen LogP contribution in [-0.2, 0) is 10.0 Å². The first-order valence-electron chi connectivity index (χ1n) is 7.31. The van der Waals surface area contributed by atoms with Crippen molar-refractivity contribution in [3.05, 3.63) is 52.2 Å². The summed E-state index contributed by atoms with van der Waals surface area (Å²) in [5, 5.41) is 7.01. The number of hydrogen-bond acceptors (Lipinski definition) is 5. The van der Waals surface area contributed by atoms with Crippen LogP contribution in [0.25, 0.3) is 0 Å². The Morgan fingerprint density at radius 1 is 1.21 bits per heavy atom. The molecule has 1 aromatic carbocycles. The van der Waals surface area contributed by atoms with Gasteiger partial charge in [0.05, 0.1) is 12.3 Å². The lowest BCUT2D eigenvalue weighted by molar-refractivity contribution is 0.0942. The largest absolute Gasteiger partial charge is 0.350 e. The lowest BCUT2D eigenvalue weighted by Gasteiger charge is -2.24. The summed E-state index contributed by atoms with van der Waals surface area (Å²) in [6.45, 7) is 0.492. The molecular formula is C16H21N3O3S2. The van der Waals surface area contributed by atoms with Gasteiger partial charge in [-0.2, -0.15) is 11.3 Å². The first-order chi connectivity index (χ1) is 11.3. The number of benzene rings is 1. The molecule has 0 unspecified atom stereocenters. The average Bonchev–Trinajstić information content (AvgIpc) is 3.00. The number of likely N-dealkylation sites (N-methyl/N-ethyl adjacent to an activating group) is 1. The van der Waals surface area contributed by atoms with E-state index in [1.165, 1.54) is 0 Å². The summed E-state index contributed by atoms with van der Waals surface area (Å²) in [6.07, 6.45) is 1.08. The molecule has 24 heavy (non-hydrogen) atoms. The second-order valence-electron chi connectivity index (χ2n) is 5.70. The molecule has 0 aliphatic rings. The lowest BCUT2D eigenvalue weighted by Crippen LogP contribution is -2.34. The summed E-state index contributed by atoms with van der Waals surface area (Å²) >= 11 is 1.63. The fraction of sp³-hybridized carbons (Fsp3) is 0.312. The number of sulfonamides is 1. The predicted octanol–water partition coefficient (Wildman–Crippen LogP) is 2.15. The third-order valence-corrected chi connectivity index (χ3v) is 4.77.